The second-order valence-electron chi connectivity index (χ2n) is 9.27. The average molecular weight is 543 g/mol. The highest BCUT2D eigenvalue weighted by Gasteiger charge is 2.37. The minimum atomic E-state index is -3.37. The number of hydrogen-bond donors (Lipinski definition) is 2. The number of sulfone groups is 1. The smallest absolute Gasteiger partial charge is 0.280 e. The van der Waals surface area contributed by atoms with Crippen LogP contribution in [0.5, 0.6) is 5.88 Å². The second kappa shape index (κ2) is 11.2. The lowest BCUT2D eigenvalue weighted by molar-refractivity contribution is 0.0929. The molecule has 2 fully saturated rings. The fourth-order valence-corrected chi connectivity index (χ4v) is 6.88. The number of carbonyl (C=O) groups is 1. The Bertz CT molecular complexity index is 1350. The molecule has 0 bridgehead atoms. The number of hydrogen-bond acceptors (Lipinski definition) is 10. The summed E-state index contributed by atoms with van der Waals surface area (Å²) in [6, 6.07) is 2.89. The molecule has 1 aliphatic heterocycles. The Hall–Kier alpha value is -2.96. The molecule has 4 heterocycles. The molecule has 3 aromatic rings. The van der Waals surface area contributed by atoms with E-state index < -0.39 is 15.9 Å². The van der Waals surface area contributed by atoms with Crippen molar-refractivity contribution in [1.82, 2.24) is 30.6 Å². The molecule has 1 saturated carbocycles. The molecule has 5 rings (SSSR count). The van der Waals surface area contributed by atoms with Gasteiger partial charge in [-0.15, -0.1) is 11.3 Å². The van der Waals surface area contributed by atoms with E-state index in [0.29, 0.717) is 48.0 Å². The maximum Gasteiger partial charge on any atom is 0.280 e. The molecule has 0 aromatic carbocycles. The van der Waals surface area contributed by atoms with E-state index in [1.54, 1.807) is 24.5 Å². The first-order chi connectivity index (χ1) is 17.9. The van der Waals surface area contributed by atoms with Crippen LogP contribution >= 0.6 is 11.3 Å². The van der Waals surface area contributed by atoms with E-state index in [9.17, 15) is 13.2 Å². The molecule has 12 heteroatoms. The van der Waals surface area contributed by atoms with Crippen molar-refractivity contribution in [3.8, 4) is 16.5 Å². The number of amides is 1. The van der Waals surface area contributed by atoms with Crippen molar-refractivity contribution in [1.29, 1.82) is 0 Å². The van der Waals surface area contributed by atoms with Crippen molar-refractivity contribution in [3.05, 3.63) is 47.6 Å². The van der Waals surface area contributed by atoms with Crippen LogP contribution in [0.4, 0.5) is 0 Å². The largest absolute Gasteiger partial charge is 0.477 e. The number of rotatable bonds is 10. The Kier molecular flexibility index (Phi) is 7.77. The Balaban J connectivity index is 1.37. The zero-order valence-corrected chi connectivity index (χ0v) is 22.2. The van der Waals surface area contributed by atoms with Crippen molar-refractivity contribution < 1.29 is 17.9 Å². The number of piperidine rings is 1. The first-order valence-corrected chi connectivity index (χ1v) is 15.0. The van der Waals surface area contributed by atoms with Gasteiger partial charge in [-0.05, 0) is 57.7 Å². The summed E-state index contributed by atoms with van der Waals surface area (Å²) in [7, 11) is -3.37. The number of aromatic nitrogens is 4. The van der Waals surface area contributed by atoms with Gasteiger partial charge in [0.25, 0.3) is 5.91 Å². The molecule has 2 atom stereocenters. The summed E-state index contributed by atoms with van der Waals surface area (Å²) in [6.45, 7) is 3.27. The fourth-order valence-electron chi connectivity index (χ4n) is 4.43. The van der Waals surface area contributed by atoms with Crippen LogP contribution in [0.25, 0.3) is 10.6 Å². The standard InChI is InChI=1S/C25H30N6O4S2/c1-2-35-23-15-26-13-21(30-23)22-14-29-25(36-22)24(32)31-20(11-16-5-3-4-9-27-16)19-12-18(8-10-28-19)37(33,34)17-6-7-17/h8,10,12-17,20,27H,2-7,9,11H2,1H3,(H,31,32)/t16?,20-/m1/s1. The zero-order chi connectivity index (χ0) is 25.8. The van der Waals surface area contributed by atoms with Crippen LogP contribution in [0.3, 0.4) is 0 Å². The van der Waals surface area contributed by atoms with Gasteiger partial charge in [0.15, 0.2) is 14.8 Å². The highest BCUT2D eigenvalue weighted by atomic mass is 32.2. The van der Waals surface area contributed by atoms with Crippen LogP contribution in [-0.4, -0.2) is 58.7 Å². The molecule has 37 heavy (non-hydrogen) atoms. The lowest BCUT2D eigenvalue weighted by atomic mass is 9.96. The molecule has 3 aromatic heterocycles. The minimum absolute atomic E-state index is 0.202. The number of pyridine rings is 1. The van der Waals surface area contributed by atoms with E-state index in [0.717, 1.165) is 25.8 Å². The normalized spacial score (nSPS) is 18.8. The molecular formula is C25H30N6O4S2. The second-order valence-corrected chi connectivity index (χ2v) is 12.5. The SMILES string of the molecule is CCOc1cncc(-c2cnc(C(=O)N[C@H](CC3CCCCN3)c3cc(S(=O)(=O)C4CC4)ccn3)s2)n1. The summed E-state index contributed by atoms with van der Waals surface area (Å²) in [6.07, 6.45) is 11.5. The molecule has 10 nitrogen and oxygen atoms in total. The molecule has 0 radical (unpaired) electrons. The van der Waals surface area contributed by atoms with Gasteiger partial charge in [0.05, 0.1) is 45.8 Å². The van der Waals surface area contributed by atoms with E-state index in [1.807, 2.05) is 6.92 Å². The van der Waals surface area contributed by atoms with Gasteiger partial charge in [0.2, 0.25) is 5.88 Å². The van der Waals surface area contributed by atoms with E-state index in [2.05, 4.69) is 30.6 Å². The van der Waals surface area contributed by atoms with Gasteiger partial charge < -0.3 is 15.4 Å². The average Bonchev–Trinajstić information content (AvgIpc) is 3.67. The summed E-state index contributed by atoms with van der Waals surface area (Å²) >= 11 is 1.21. The molecule has 0 spiro atoms. The van der Waals surface area contributed by atoms with Gasteiger partial charge in [-0.3, -0.25) is 14.8 Å². The van der Waals surface area contributed by atoms with Crippen molar-refractivity contribution in [2.24, 2.45) is 0 Å². The van der Waals surface area contributed by atoms with Crippen LogP contribution < -0.4 is 15.4 Å². The number of carbonyl (C=O) groups excluding carboxylic acids is 1. The highest BCUT2D eigenvalue weighted by molar-refractivity contribution is 7.92. The van der Waals surface area contributed by atoms with E-state index in [-0.39, 0.29) is 27.1 Å². The summed E-state index contributed by atoms with van der Waals surface area (Å²) in [5, 5.41) is 6.55. The fraction of sp³-hybridized carbons (Fsp3) is 0.480. The van der Waals surface area contributed by atoms with Crippen molar-refractivity contribution in [2.75, 3.05) is 13.2 Å². The van der Waals surface area contributed by atoms with Gasteiger partial charge >= 0.3 is 0 Å². The third-order valence-corrected chi connectivity index (χ3v) is 9.77. The van der Waals surface area contributed by atoms with Crippen molar-refractivity contribution in [2.45, 2.75) is 67.7 Å². The molecule has 2 aliphatic rings. The monoisotopic (exact) mass is 542 g/mol. The predicted octanol–water partition coefficient (Wildman–Crippen LogP) is 3.33. The molecule has 1 aliphatic carbocycles. The van der Waals surface area contributed by atoms with Crippen LogP contribution in [0.2, 0.25) is 0 Å². The van der Waals surface area contributed by atoms with E-state index >= 15 is 0 Å². The zero-order valence-electron chi connectivity index (χ0n) is 20.6. The van der Waals surface area contributed by atoms with Gasteiger partial charge in [-0.25, -0.2) is 18.4 Å². The third kappa shape index (κ3) is 6.13. The topological polar surface area (TPSA) is 136 Å². The quantitative estimate of drug-likeness (QED) is 0.395. The lowest BCUT2D eigenvalue weighted by Gasteiger charge is -2.28. The summed E-state index contributed by atoms with van der Waals surface area (Å²) in [4.78, 5) is 31.6. The lowest BCUT2D eigenvalue weighted by Crippen LogP contribution is -2.39. The Morgan fingerprint density at radius 3 is 2.84 bits per heavy atom. The summed E-state index contributed by atoms with van der Waals surface area (Å²) in [5.74, 6) is 0.0646. The summed E-state index contributed by atoms with van der Waals surface area (Å²) in [5.41, 5.74) is 1.11. The van der Waals surface area contributed by atoms with E-state index in [4.69, 9.17) is 4.74 Å². The Morgan fingerprint density at radius 1 is 1.22 bits per heavy atom. The van der Waals surface area contributed by atoms with Crippen LogP contribution in [-0.2, 0) is 9.84 Å². The van der Waals surface area contributed by atoms with Gasteiger partial charge in [-0.1, -0.05) is 6.42 Å². The molecule has 1 saturated heterocycles. The van der Waals surface area contributed by atoms with Gasteiger partial charge in [0.1, 0.15) is 5.69 Å². The number of nitrogens with one attached hydrogen (secondary N) is 2. The van der Waals surface area contributed by atoms with Crippen LogP contribution in [0.1, 0.15) is 67.0 Å². The van der Waals surface area contributed by atoms with Gasteiger partial charge in [-0.2, -0.15) is 0 Å². The minimum Gasteiger partial charge on any atom is -0.477 e. The summed E-state index contributed by atoms with van der Waals surface area (Å²) < 4.78 is 31.1. The van der Waals surface area contributed by atoms with Crippen LogP contribution in [0.15, 0.2) is 41.8 Å². The number of thiazole rings is 1. The first-order valence-electron chi connectivity index (χ1n) is 12.6. The molecule has 196 valence electrons. The Morgan fingerprint density at radius 2 is 2.08 bits per heavy atom. The number of nitrogens with zero attached hydrogens (tertiary/aromatic N) is 4. The molecular weight excluding hydrogens is 512 g/mol. The maximum atomic E-state index is 13.3. The predicted molar refractivity (Wildman–Crippen MR) is 139 cm³/mol. The van der Waals surface area contributed by atoms with Crippen LogP contribution in [0, 0.1) is 0 Å². The van der Waals surface area contributed by atoms with Gasteiger partial charge in [0, 0.05) is 18.4 Å². The first kappa shape index (κ1) is 25.7. The molecule has 1 amide bonds. The van der Waals surface area contributed by atoms with Crippen molar-refractivity contribution in [3.63, 3.8) is 0 Å². The van der Waals surface area contributed by atoms with Crippen molar-refractivity contribution >= 4 is 27.1 Å². The van der Waals surface area contributed by atoms with E-state index in [1.165, 1.54) is 23.7 Å². The maximum absolute atomic E-state index is 13.3. The Labute approximate surface area is 220 Å². The number of ether oxygens (including phenoxy) is 1. The molecule has 2 N–H and O–H groups in total. The highest BCUT2D eigenvalue weighted by Crippen LogP contribution is 2.34. The molecule has 1 unspecified atom stereocenters. The third-order valence-electron chi connectivity index (χ3n) is 6.50.